The summed E-state index contributed by atoms with van der Waals surface area (Å²) in [7, 11) is 0. The molecule has 1 heterocycles. The number of nitrogens with zero attached hydrogens (tertiary/aromatic N) is 2. The number of carbonyl (C=O) groups is 1. The third-order valence-corrected chi connectivity index (χ3v) is 8.69. The molecule has 1 amide bonds. The Morgan fingerprint density at radius 2 is 1.92 bits per heavy atom. The molecule has 0 atom stereocenters. The van der Waals surface area contributed by atoms with Crippen LogP contribution in [-0.4, -0.2) is 39.6 Å². The molecule has 190 valence electrons. The first-order valence-corrected chi connectivity index (χ1v) is 13.9. The van der Waals surface area contributed by atoms with Gasteiger partial charge in [0.05, 0.1) is 17.0 Å². The van der Waals surface area contributed by atoms with Gasteiger partial charge in [0.2, 0.25) is 0 Å². The van der Waals surface area contributed by atoms with E-state index in [9.17, 15) is 9.90 Å². The second kappa shape index (κ2) is 11.5. The Hall–Kier alpha value is -2.84. The van der Waals surface area contributed by atoms with Gasteiger partial charge < -0.3 is 15.2 Å². The maximum atomic E-state index is 12.2. The summed E-state index contributed by atoms with van der Waals surface area (Å²) in [6, 6.07) is 9.56. The van der Waals surface area contributed by atoms with Crippen molar-refractivity contribution in [1.82, 2.24) is 9.97 Å². The van der Waals surface area contributed by atoms with Gasteiger partial charge in [-0.05, 0) is 74.9 Å². The summed E-state index contributed by atoms with van der Waals surface area (Å²) in [6.07, 6.45) is 15.9. The van der Waals surface area contributed by atoms with E-state index in [1.807, 2.05) is 42.5 Å². The number of benzene rings is 1. The third-order valence-electron chi connectivity index (χ3n) is 6.82. The van der Waals surface area contributed by atoms with Crippen molar-refractivity contribution in [2.75, 3.05) is 23.8 Å². The number of aliphatic hydroxyl groups excluding tert-OH is 1. The molecule has 3 N–H and O–H groups in total. The Balaban J connectivity index is 1.32. The van der Waals surface area contributed by atoms with Crippen LogP contribution in [-0.2, 0) is 9.48 Å². The molecular formula is C28H34N4O3S. The standard InChI is InChI=1S/C28H34N4O3S/c33-18-17-29-25-19-24(28(15-16-28)36-23-9-5-2-6-10-23)31-26(32-25)20-11-13-21(14-12-20)30-27(34)35-22-7-3-1-4-8-22/h3,7-8,11-14,19,23,33H,1-2,4-6,9-10,15-18H2,(H,30,34)(H,29,31,32). The number of nitrogens with one attached hydrogen (secondary N) is 2. The fraction of sp³-hybridized carbons (Fsp3) is 0.464. The molecule has 7 nitrogen and oxygen atoms in total. The first-order chi connectivity index (χ1) is 17.6. The molecule has 0 aliphatic heterocycles. The molecular weight excluding hydrogens is 472 g/mol. The van der Waals surface area contributed by atoms with Crippen molar-refractivity contribution in [3.05, 3.63) is 60.0 Å². The van der Waals surface area contributed by atoms with Gasteiger partial charge in [-0.3, -0.25) is 5.32 Å². The Labute approximate surface area is 216 Å². The summed E-state index contributed by atoms with van der Waals surface area (Å²) in [6.45, 7) is 0.481. The van der Waals surface area contributed by atoms with E-state index in [-0.39, 0.29) is 11.4 Å². The predicted octanol–water partition coefficient (Wildman–Crippen LogP) is 6.39. The first kappa shape index (κ1) is 24.8. The van der Waals surface area contributed by atoms with Crippen molar-refractivity contribution in [2.45, 2.75) is 67.8 Å². The lowest BCUT2D eigenvalue weighted by Crippen LogP contribution is -2.17. The smallest absolute Gasteiger partial charge is 0.410 e. The molecule has 36 heavy (non-hydrogen) atoms. The maximum Gasteiger partial charge on any atom is 0.417 e. The summed E-state index contributed by atoms with van der Waals surface area (Å²) in [5, 5.41) is 16.0. The highest BCUT2D eigenvalue weighted by molar-refractivity contribution is 8.01. The van der Waals surface area contributed by atoms with Crippen LogP contribution in [0.25, 0.3) is 11.4 Å². The Morgan fingerprint density at radius 3 is 2.61 bits per heavy atom. The average Bonchev–Trinajstić information content (AvgIpc) is 3.69. The van der Waals surface area contributed by atoms with Gasteiger partial charge in [-0.25, -0.2) is 14.8 Å². The second-order valence-electron chi connectivity index (χ2n) is 9.66. The van der Waals surface area contributed by atoms with Crippen LogP contribution < -0.4 is 10.6 Å². The molecule has 0 saturated heterocycles. The van der Waals surface area contributed by atoms with Gasteiger partial charge in [0.25, 0.3) is 0 Å². The Kier molecular flexibility index (Phi) is 7.92. The fourth-order valence-corrected chi connectivity index (χ4v) is 6.52. The van der Waals surface area contributed by atoms with Crippen LogP contribution in [0.5, 0.6) is 0 Å². The third kappa shape index (κ3) is 6.28. The van der Waals surface area contributed by atoms with Crippen molar-refractivity contribution < 1.29 is 14.6 Å². The molecule has 5 rings (SSSR count). The lowest BCUT2D eigenvalue weighted by Gasteiger charge is -2.26. The predicted molar refractivity (Wildman–Crippen MR) is 145 cm³/mol. The number of aromatic nitrogens is 2. The van der Waals surface area contributed by atoms with E-state index in [1.165, 1.54) is 32.1 Å². The van der Waals surface area contributed by atoms with Crippen LogP contribution in [0, 0.1) is 0 Å². The molecule has 3 aliphatic carbocycles. The minimum Gasteiger partial charge on any atom is -0.410 e. The first-order valence-electron chi connectivity index (χ1n) is 13.0. The number of allylic oxidation sites excluding steroid dienone is 3. The van der Waals surface area contributed by atoms with Gasteiger partial charge in [0.1, 0.15) is 11.6 Å². The van der Waals surface area contributed by atoms with Crippen LogP contribution in [0.4, 0.5) is 16.3 Å². The van der Waals surface area contributed by atoms with E-state index >= 15 is 0 Å². The molecule has 0 spiro atoms. The molecule has 0 radical (unpaired) electrons. The number of aliphatic hydroxyl groups is 1. The van der Waals surface area contributed by atoms with Gasteiger partial charge >= 0.3 is 6.09 Å². The molecule has 2 aromatic rings. The monoisotopic (exact) mass is 506 g/mol. The average molecular weight is 507 g/mol. The minimum absolute atomic E-state index is 0.0415. The molecule has 0 unspecified atom stereocenters. The highest BCUT2D eigenvalue weighted by Crippen LogP contribution is 2.59. The summed E-state index contributed by atoms with van der Waals surface area (Å²) in [5.41, 5.74) is 2.59. The zero-order valence-electron chi connectivity index (χ0n) is 20.5. The zero-order chi connectivity index (χ0) is 24.8. The van der Waals surface area contributed by atoms with Crippen LogP contribution in [0.2, 0.25) is 0 Å². The lowest BCUT2D eigenvalue weighted by atomic mass is 10.0. The van der Waals surface area contributed by atoms with Gasteiger partial charge in [-0.2, -0.15) is 0 Å². The van der Waals surface area contributed by atoms with E-state index in [4.69, 9.17) is 14.7 Å². The molecule has 2 fully saturated rings. The summed E-state index contributed by atoms with van der Waals surface area (Å²) < 4.78 is 5.43. The van der Waals surface area contributed by atoms with Crippen molar-refractivity contribution >= 4 is 29.4 Å². The Bertz CT molecular complexity index is 1120. The quantitative estimate of drug-likeness (QED) is 0.363. The number of thioether (sulfide) groups is 1. The largest absolute Gasteiger partial charge is 0.417 e. The summed E-state index contributed by atoms with van der Waals surface area (Å²) in [5.74, 6) is 1.96. The number of rotatable bonds is 9. The zero-order valence-corrected chi connectivity index (χ0v) is 21.4. The highest BCUT2D eigenvalue weighted by Gasteiger charge is 2.48. The van der Waals surface area contributed by atoms with Crippen molar-refractivity contribution in [2.24, 2.45) is 0 Å². The topological polar surface area (TPSA) is 96.4 Å². The SMILES string of the molecule is O=C(Nc1ccc(-c2nc(NCCO)cc(C3(SC4CCCCC4)CC3)n2)cc1)OC1=CCCC=C1. The summed E-state index contributed by atoms with van der Waals surface area (Å²) in [4.78, 5) is 22.0. The second-order valence-corrected chi connectivity index (χ2v) is 11.3. The van der Waals surface area contributed by atoms with Crippen LogP contribution in [0.3, 0.4) is 0 Å². The van der Waals surface area contributed by atoms with E-state index < -0.39 is 6.09 Å². The van der Waals surface area contributed by atoms with Crippen LogP contribution in [0.1, 0.15) is 63.5 Å². The molecule has 3 aliphatic rings. The number of hydrogen-bond acceptors (Lipinski definition) is 7. The number of anilines is 2. The van der Waals surface area contributed by atoms with E-state index in [0.717, 1.165) is 42.8 Å². The molecule has 1 aromatic heterocycles. The fourth-order valence-electron chi connectivity index (χ4n) is 4.75. The van der Waals surface area contributed by atoms with Crippen LogP contribution >= 0.6 is 11.8 Å². The van der Waals surface area contributed by atoms with E-state index in [2.05, 4.69) is 28.5 Å². The van der Waals surface area contributed by atoms with Crippen molar-refractivity contribution in [3.8, 4) is 11.4 Å². The normalized spacial score (nSPS) is 18.9. The maximum absolute atomic E-state index is 12.2. The number of ether oxygens (including phenoxy) is 1. The van der Waals surface area contributed by atoms with Gasteiger partial charge in [-0.1, -0.05) is 25.3 Å². The van der Waals surface area contributed by atoms with Crippen molar-refractivity contribution in [1.29, 1.82) is 0 Å². The number of amides is 1. The van der Waals surface area contributed by atoms with E-state index in [0.29, 0.717) is 29.1 Å². The van der Waals surface area contributed by atoms with Gasteiger partial charge in [0.15, 0.2) is 5.82 Å². The minimum atomic E-state index is -0.510. The van der Waals surface area contributed by atoms with E-state index in [1.54, 1.807) is 0 Å². The molecule has 1 aromatic carbocycles. The van der Waals surface area contributed by atoms with Gasteiger partial charge in [-0.15, -0.1) is 11.8 Å². The van der Waals surface area contributed by atoms with Crippen LogP contribution in [0.15, 0.2) is 54.3 Å². The lowest BCUT2D eigenvalue weighted by molar-refractivity contribution is 0.194. The molecule has 8 heteroatoms. The Morgan fingerprint density at radius 1 is 1.11 bits per heavy atom. The number of carbonyl (C=O) groups excluding carboxylic acids is 1. The number of hydrogen-bond donors (Lipinski definition) is 3. The van der Waals surface area contributed by atoms with Gasteiger partial charge in [0, 0.05) is 29.1 Å². The summed E-state index contributed by atoms with van der Waals surface area (Å²) >= 11 is 2.11. The highest BCUT2D eigenvalue weighted by atomic mass is 32.2. The molecule has 2 saturated carbocycles. The van der Waals surface area contributed by atoms with Crippen molar-refractivity contribution in [3.63, 3.8) is 0 Å². The molecule has 0 bridgehead atoms.